The highest BCUT2D eigenvalue weighted by atomic mass is 31.2. The van der Waals surface area contributed by atoms with Crippen LogP contribution in [0.4, 0.5) is 0 Å². The summed E-state index contributed by atoms with van der Waals surface area (Å²) in [5.74, 6) is 0. The first kappa shape index (κ1) is 17.0. The molecular weight excluding hydrogens is 249 g/mol. The predicted molar refractivity (Wildman–Crippen MR) is 62.9 cm³/mol. The molecule has 0 aliphatic rings. The molecule has 0 radical (unpaired) electrons. The summed E-state index contributed by atoms with van der Waals surface area (Å²) < 4.78 is 36.3. The van der Waals surface area contributed by atoms with E-state index in [2.05, 4.69) is 4.52 Å². The second-order valence-electron chi connectivity index (χ2n) is 2.89. The van der Waals surface area contributed by atoms with Crippen molar-refractivity contribution < 1.29 is 27.6 Å². The first-order valence-electron chi connectivity index (χ1n) is 5.49. The Morgan fingerprint density at radius 1 is 1.00 bits per heavy atom. The molecule has 104 valence electrons. The Balaban J connectivity index is 3.40. The van der Waals surface area contributed by atoms with Crippen LogP contribution in [-0.2, 0) is 27.6 Å². The van der Waals surface area contributed by atoms with Crippen LogP contribution in [0, 0.1) is 0 Å². The first-order valence-corrected chi connectivity index (χ1v) is 6.95. The first-order chi connectivity index (χ1) is 8.18. The van der Waals surface area contributed by atoms with Crippen LogP contribution in [-0.4, -0.2) is 53.3 Å². The van der Waals surface area contributed by atoms with E-state index >= 15 is 0 Å². The van der Waals surface area contributed by atoms with Crippen LogP contribution in [0.3, 0.4) is 0 Å². The van der Waals surface area contributed by atoms with Gasteiger partial charge in [-0.1, -0.05) is 0 Å². The maximum absolute atomic E-state index is 11.6. The number of hydrogen-bond acceptors (Lipinski definition) is 7. The Morgan fingerprint density at radius 2 is 1.59 bits per heavy atom. The van der Waals surface area contributed by atoms with Crippen molar-refractivity contribution in [1.29, 1.82) is 0 Å². The fraction of sp³-hybridized carbons (Fsp3) is 1.00. The van der Waals surface area contributed by atoms with Gasteiger partial charge < -0.3 is 15.2 Å². The lowest BCUT2D eigenvalue weighted by atomic mass is 10.7. The standard InChI is InChI=1S/C9H22NO6P/c1-3-15-17(11,12-2)16-9-8-14-7-6-13-5-4-10/h3-10H2,1-2H3. The molecule has 7 nitrogen and oxygen atoms in total. The van der Waals surface area contributed by atoms with E-state index in [4.69, 9.17) is 24.3 Å². The second-order valence-corrected chi connectivity index (χ2v) is 4.67. The fourth-order valence-corrected chi connectivity index (χ4v) is 1.81. The van der Waals surface area contributed by atoms with Crippen LogP contribution >= 0.6 is 7.82 Å². The quantitative estimate of drug-likeness (QED) is 0.414. The van der Waals surface area contributed by atoms with Crippen molar-refractivity contribution in [3.8, 4) is 0 Å². The van der Waals surface area contributed by atoms with E-state index in [9.17, 15) is 4.57 Å². The minimum absolute atomic E-state index is 0.141. The molecule has 0 saturated heterocycles. The number of nitrogens with two attached hydrogens (primary N) is 1. The summed E-state index contributed by atoms with van der Waals surface area (Å²) in [6, 6.07) is 0. The molecule has 0 saturated carbocycles. The lowest BCUT2D eigenvalue weighted by molar-refractivity contribution is 0.0308. The van der Waals surface area contributed by atoms with E-state index in [0.29, 0.717) is 33.0 Å². The lowest BCUT2D eigenvalue weighted by Gasteiger charge is -2.14. The van der Waals surface area contributed by atoms with Crippen LogP contribution in [0.5, 0.6) is 0 Å². The van der Waals surface area contributed by atoms with Crippen LogP contribution in [0.25, 0.3) is 0 Å². The number of hydrogen-bond donors (Lipinski definition) is 1. The van der Waals surface area contributed by atoms with Crippen LogP contribution in [0.15, 0.2) is 0 Å². The molecule has 0 aromatic heterocycles. The Kier molecular flexibility index (Phi) is 11.1. The van der Waals surface area contributed by atoms with Gasteiger partial charge in [-0.2, -0.15) is 0 Å². The third-order valence-electron chi connectivity index (χ3n) is 1.62. The molecule has 0 heterocycles. The SMILES string of the molecule is CCOP(=O)(OC)OCCOCCOCCN. The molecule has 0 aliphatic carbocycles. The minimum atomic E-state index is -3.39. The number of rotatable bonds is 12. The molecule has 0 bridgehead atoms. The zero-order valence-electron chi connectivity index (χ0n) is 10.4. The summed E-state index contributed by atoms with van der Waals surface area (Å²) in [5, 5.41) is 0. The van der Waals surface area contributed by atoms with Gasteiger partial charge in [0.15, 0.2) is 0 Å². The van der Waals surface area contributed by atoms with E-state index in [1.165, 1.54) is 7.11 Å². The summed E-state index contributed by atoms with van der Waals surface area (Å²) in [7, 11) is -2.12. The van der Waals surface area contributed by atoms with Crippen molar-refractivity contribution in [2.75, 3.05) is 53.3 Å². The molecule has 0 fully saturated rings. The van der Waals surface area contributed by atoms with E-state index in [1.54, 1.807) is 6.92 Å². The Hall–Kier alpha value is -0.0100. The van der Waals surface area contributed by atoms with Gasteiger partial charge in [0.1, 0.15) is 0 Å². The average Bonchev–Trinajstić information content (AvgIpc) is 2.33. The van der Waals surface area contributed by atoms with E-state index < -0.39 is 7.82 Å². The summed E-state index contributed by atoms with van der Waals surface area (Å²) >= 11 is 0. The van der Waals surface area contributed by atoms with Crippen LogP contribution in [0.1, 0.15) is 6.92 Å². The average molecular weight is 271 g/mol. The highest BCUT2D eigenvalue weighted by Crippen LogP contribution is 2.48. The summed E-state index contributed by atoms with van der Waals surface area (Å²) in [6.45, 7) is 4.34. The molecule has 0 aromatic rings. The summed E-state index contributed by atoms with van der Waals surface area (Å²) in [5.41, 5.74) is 5.24. The Labute approximate surface area is 102 Å². The molecule has 17 heavy (non-hydrogen) atoms. The second kappa shape index (κ2) is 11.1. The molecule has 1 atom stereocenters. The molecule has 0 aliphatic heterocycles. The number of ether oxygens (including phenoxy) is 2. The van der Waals surface area contributed by atoms with Gasteiger partial charge in [-0.15, -0.1) is 0 Å². The van der Waals surface area contributed by atoms with Crippen LogP contribution < -0.4 is 5.73 Å². The van der Waals surface area contributed by atoms with Crippen molar-refractivity contribution in [2.45, 2.75) is 6.92 Å². The third kappa shape index (κ3) is 9.67. The van der Waals surface area contributed by atoms with Crippen molar-refractivity contribution in [1.82, 2.24) is 0 Å². The van der Waals surface area contributed by atoms with Gasteiger partial charge in [0.05, 0.1) is 39.6 Å². The van der Waals surface area contributed by atoms with E-state index in [1.807, 2.05) is 0 Å². The summed E-state index contributed by atoms with van der Waals surface area (Å²) in [6.07, 6.45) is 0. The molecule has 0 amide bonds. The van der Waals surface area contributed by atoms with Gasteiger partial charge in [-0.3, -0.25) is 13.6 Å². The zero-order chi connectivity index (χ0) is 13.0. The number of phosphoric ester groups is 1. The molecular formula is C9H22NO6P. The van der Waals surface area contributed by atoms with Gasteiger partial charge >= 0.3 is 7.82 Å². The summed E-state index contributed by atoms with van der Waals surface area (Å²) in [4.78, 5) is 0. The maximum atomic E-state index is 11.6. The smallest absolute Gasteiger partial charge is 0.378 e. The number of phosphoric acid groups is 1. The molecule has 0 aromatic carbocycles. The van der Waals surface area contributed by atoms with Gasteiger partial charge in [0.25, 0.3) is 0 Å². The molecule has 8 heteroatoms. The van der Waals surface area contributed by atoms with E-state index in [-0.39, 0.29) is 13.2 Å². The molecule has 2 N–H and O–H groups in total. The highest BCUT2D eigenvalue weighted by molar-refractivity contribution is 7.48. The maximum Gasteiger partial charge on any atom is 0.474 e. The lowest BCUT2D eigenvalue weighted by Crippen LogP contribution is -2.13. The minimum Gasteiger partial charge on any atom is -0.378 e. The van der Waals surface area contributed by atoms with Gasteiger partial charge in [0, 0.05) is 13.7 Å². The van der Waals surface area contributed by atoms with Crippen LogP contribution in [0.2, 0.25) is 0 Å². The van der Waals surface area contributed by atoms with Crippen molar-refractivity contribution in [2.24, 2.45) is 5.73 Å². The Morgan fingerprint density at radius 3 is 2.12 bits per heavy atom. The zero-order valence-corrected chi connectivity index (χ0v) is 11.3. The van der Waals surface area contributed by atoms with Crippen molar-refractivity contribution in [3.05, 3.63) is 0 Å². The van der Waals surface area contributed by atoms with Crippen molar-refractivity contribution in [3.63, 3.8) is 0 Å². The Bertz CT molecular complexity index is 216. The van der Waals surface area contributed by atoms with Gasteiger partial charge in [-0.05, 0) is 6.92 Å². The normalized spacial score (nSPS) is 14.8. The molecule has 1 unspecified atom stereocenters. The largest absolute Gasteiger partial charge is 0.474 e. The third-order valence-corrected chi connectivity index (χ3v) is 3.14. The fourth-order valence-electron chi connectivity index (χ4n) is 0.914. The predicted octanol–water partition coefficient (Wildman–Crippen LogP) is 0.786. The monoisotopic (exact) mass is 271 g/mol. The van der Waals surface area contributed by atoms with Gasteiger partial charge in [-0.25, -0.2) is 4.57 Å². The van der Waals surface area contributed by atoms with Gasteiger partial charge in [0.2, 0.25) is 0 Å². The topological polar surface area (TPSA) is 89.2 Å². The molecule has 0 spiro atoms. The highest BCUT2D eigenvalue weighted by Gasteiger charge is 2.23. The van der Waals surface area contributed by atoms with Crippen molar-refractivity contribution >= 4 is 7.82 Å². The molecule has 0 rings (SSSR count). The van der Waals surface area contributed by atoms with E-state index in [0.717, 1.165) is 0 Å².